The third-order valence-corrected chi connectivity index (χ3v) is 2.32. The molecule has 0 amide bonds. The third-order valence-electron chi connectivity index (χ3n) is 2.32. The Labute approximate surface area is 89.7 Å². The van der Waals surface area contributed by atoms with Crippen LogP contribution in [-0.4, -0.2) is 17.9 Å². The van der Waals surface area contributed by atoms with E-state index in [0.717, 1.165) is 19.3 Å². The van der Waals surface area contributed by atoms with E-state index in [0.29, 0.717) is 0 Å². The van der Waals surface area contributed by atoms with Crippen LogP contribution in [0.3, 0.4) is 0 Å². The van der Waals surface area contributed by atoms with Gasteiger partial charge in [-0.2, -0.15) is 0 Å². The van der Waals surface area contributed by atoms with Gasteiger partial charge in [-0.25, -0.2) is 4.79 Å². The van der Waals surface area contributed by atoms with E-state index >= 15 is 0 Å². The topological polar surface area (TPSA) is 46.5 Å². The number of hydrogen-bond acceptors (Lipinski definition) is 2. The molecule has 0 aliphatic carbocycles. The largest absolute Gasteiger partial charge is 0.505 e. The van der Waals surface area contributed by atoms with E-state index in [-0.39, 0.29) is 6.61 Å². The van der Waals surface area contributed by atoms with Crippen molar-refractivity contribution in [3.63, 3.8) is 0 Å². The summed E-state index contributed by atoms with van der Waals surface area (Å²) in [6.45, 7) is 2.39. The Hall–Kier alpha value is -1.51. The molecule has 0 saturated carbocycles. The van der Waals surface area contributed by atoms with Crippen LogP contribution in [0.1, 0.15) is 24.5 Å². The fourth-order valence-corrected chi connectivity index (χ4v) is 1.57. The maximum atomic E-state index is 10.1. The zero-order valence-electron chi connectivity index (χ0n) is 8.90. The van der Waals surface area contributed by atoms with Gasteiger partial charge in [-0.1, -0.05) is 31.2 Å². The van der Waals surface area contributed by atoms with Crippen molar-refractivity contribution in [3.8, 4) is 0 Å². The van der Waals surface area contributed by atoms with Gasteiger partial charge in [0.1, 0.15) is 0 Å². The van der Waals surface area contributed by atoms with E-state index in [1.54, 1.807) is 0 Å². The first-order valence-corrected chi connectivity index (χ1v) is 5.16. The lowest BCUT2D eigenvalue weighted by molar-refractivity contribution is 0.0907. The van der Waals surface area contributed by atoms with Gasteiger partial charge in [-0.3, -0.25) is 0 Å². The summed E-state index contributed by atoms with van der Waals surface area (Å²) in [4.78, 5) is 10.1. The van der Waals surface area contributed by atoms with Crippen molar-refractivity contribution in [2.75, 3.05) is 6.61 Å². The number of aryl methyl sites for hydroxylation is 2. The highest BCUT2D eigenvalue weighted by atomic mass is 16.7. The molecule has 0 bridgehead atoms. The molecule has 0 fully saturated rings. The first kappa shape index (κ1) is 11.6. The van der Waals surface area contributed by atoms with Crippen LogP contribution in [0, 0.1) is 0 Å². The molecule has 0 atom stereocenters. The highest BCUT2D eigenvalue weighted by Crippen LogP contribution is 2.11. The molecule has 3 heteroatoms. The minimum absolute atomic E-state index is 0.271. The fraction of sp³-hybridized carbons (Fsp3) is 0.417. The number of ether oxygens (including phenoxy) is 1. The van der Waals surface area contributed by atoms with Gasteiger partial charge in [0.05, 0.1) is 6.61 Å². The quantitative estimate of drug-likeness (QED) is 0.597. The van der Waals surface area contributed by atoms with Crippen LogP contribution in [0.2, 0.25) is 0 Å². The summed E-state index contributed by atoms with van der Waals surface area (Å²) >= 11 is 0. The summed E-state index contributed by atoms with van der Waals surface area (Å²) in [5.41, 5.74) is 2.61. The smallest absolute Gasteiger partial charge is 0.450 e. The lowest BCUT2D eigenvalue weighted by Crippen LogP contribution is -2.03. The zero-order chi connectivity index (χ0) is 11.1. The van der Waals surface area contributed by atoms with Crippen molar-refractivity contribution in [2.24, 2.45) is 0 Å². The molecule has 0 saturated heterocycles. The predicted molar refractivity (Wildman–Crippen MR) is 58.1 cm³/mol. The van der Waals surface area contributed by atoms with Crippen molar-refractivity contribution in [1.82, 2.24) is 0 Å². The van der Waals surface area contributed by atoms with Crippen molar-refractivity contribution in [3.05, 3.63) is 35.4 Å². The molecule has 0 unspecified atom stereocenters. The van der Waals surface area contributed by atoms with Gasteiger partial charge in [0.25, 0.3) is 0 Å². The van der Waals surface area contributed by atoms with Crippen molar-refractivity contribution in [2.45, 2.75) is 26.2 Å². The van der Waals surface area contributed by atoms with Crippen molar-refractivity contribution >= 4 is 6.16 Å². The van der Waals surface area contributed by atoms with Gasteiger partial charge in [0.2, 0.25) is 0 Å². The van der Waals surface area contributed by atoms with Crippen LogP contribution in [0.5, 0.6) is 0 Å². The Bertz CT molecular complexity index is 320. The summed E-state index contributed by atoms with van der Waals surface area (Å²) in [6, 6.07) is 8.22. The van der Waals surface area contributed by atoms with Gasteiger partial charge >= 0.3 is 6.16 Å². The van der Waals surface area contributed by atoms with Gasteiger partial charge in [0.15, 0.2) is 0 Å². The first-order chi connectivity index (χ1) is 7.24. The molecule has 15 heavy (non-hydrogen) atoms. The standard InChI is InChI=1S/C12H16O3/c1-2-10-6-3-4-7-11(10)8-5-9-15-12(13)14/h3-4,6-7H,2,5,8-9H2,1H3,(H,13,14). The van der Waals surface area contributed by atoms with Crippen LogP contribution in [0.15, 0.2) is 24.3 Å². The minimum atomic E-state index is -1.20. The monoisotopic (exact) mass is 208 g/mol. The predicted octanol–water partition coefficient (Wildman–Crippen LogP) is 2.88. The normalized spacial score (nSPS) is 9.93. The Morgan fingerprint density at radius 1 is 1.33 bits per heavy atom. The molecule has 0 heterocycles. The van der Waals surface area contributed by atoms with E-state index in [1.807, 2.05) is 12.1 Å². The van der Waals surface area contributed by atoms with Crippen LogP contribution in [-0.2, 0) is 17.6 Å². The summed E-state index contributed by atoms with van der Waals surface area (Å²) < 4.78 is 4.45. The van der Waals surface area contributed by atoms with Gasteiger partial charge in [-0.05, 0) is 30.4 Å². The molecule has 0 aliphatic rings. The molecule has 3 nitrogen and oxygen atoms in total. The Kier molecular flexibility index (Phi) is 4.68. The average molecular weight is 208 g/mol. The first-order valence-electron chi connectivity index (χ1n) is 5.16. The lowest BCUT2D eigenvalue weighted by atomic mass is 10.0. The minimum Gasteiger partial charge on any atom is -0.450 e. The molecular weight excluding hydrogens is 192 g/mol. The molecule has 0 spiro atoms. The maximum Gasteiger partial charge on any atom is 0.505 e. The second kappa shape index (κ2) is 6.06. The van der Waals surface area contributed by atoms with Gasteiger partial charge < -0.3 is 9.84 Å². The van der Waals surface area contributed by atoms with E-state index in [2.05, 4.69) is 23.8 Å². The average Bonchev–Trinajstić information content (AvgIpc) is 2.24. The van der Waals surface area contributed by atoms with Gasteiger partial charge in [0, 0.05) is 0 Å². The van der Waals surface area contributed by atoms with E-state index in [4.69, 9.17) is 5.11 Å². The van der Waals surface area contributed by atoms with E-state index in [9.17, 15) is 4.79 Å². The Balaban J connectivity index is 2.39. The van der Waals surface area contributed by atoms with Crippen LogP contribution in [0.25, 0.3) is 0 Å². The Morgan fingerprint density at radius 3 is 2.60 bits per heavy atom. The number of carboxylic acid groups (broad SMARTS) is 1. The van der Waals surface area contributed by atoms with Crippen molar-refractivity contribution in [1.29, 1.82) is 0 Å². The molecule has 82 valence electrons. The molecule has 1 rings (SSSR count). The number of carbonyl (C=O) groups is 1. The summed E-state index contributed by atoms with van der Waals surface area (Å²) in [5, 5.41) is 8.29. The molecule has 0 aliphatic heterocycles. The van der Waals surface area contributed by atoms with Crippen molar-refractivity contribution < 1.29 is 14.6 Å². The summed E-state index contributed by atoms with van der Waals surface area (Å²) in [7, 11) is 0. The van der Waals surface area contributed by atoms with Crippen LogP contribution in [0.4, 0.5) is 4.79 Å². The van der Waals surface area contributed by atoms with E-state index in [1.165, 1.54) is 11.1 Å². The SMILES string of the molecule is CCc1ccccc1CCCOC(=O)O. The summed E-state index contributed by atoms with van der Waals surface area (Å²) in [5.74, 6) is 0. The highest BCUT2D eigenvalue weighted by Gasteiger charge is 2.00. The molecule has 1 aromatic carbocycles. The number of rotatable bonds is 5. The maximum absolute atomic E-state index is 10.1. The second-order valence-corrected chi connectivity index (χ2v) is 3.34. The number of hydrogen-bond donors (Lipinski definition) is 1. The second-order valence-electron chi connectivity index (χ2n) is 3.34. The molecule has 1 aromatic rings. The molecule has 1 N–H and O–H groups in total. The Morgan fingerprint density at radius 2 is 2.00 bits per heavy atom. The number of benzene rings is 1. The highest BCUT2D eigenvalue weighted by molar-refractivity contribution is 5.56. The van der Waals surface area contributed by atoms with E-state index < -0.39 is 6.16 Å². The molecular formula is C12H16O3. The van der Waals surface area contributed by atoms with Crippen LogP contribution >= 0.6 is 0 Å². The van der Waals surface area contributed by atoms with Gasteiger partial charge in [-0.15, -0.1) is 0 Å². The molecule has 0 aromatic heterocycles. The van der Waals surface area contributed by atoms with Crippen LogP contribution < -0.4 is 0 Å². The molecule has 0 radical (unpaired) electrons. The third kappa shape index (κ3) is 4.02. The lowest BCUT2D eigenvalue weighted by Gasteiger charge is -2.06. The zero-order valence-corrected chi connectivity index (χ0v) is 8.90. The fourth-order valence-electron chi connectivity index (χ4n) is 1.57. The summed E-state index contributed by atoms with van der Waals surface area (Å²) in [6.07, 6.45) is 1.43.